The Labute approximate surface area is 129 Å². The summed E-state index contributed by atoms with van der Waals surface area (Å²) in [5, 5.41) is 3.66. The summed E-state index contributed by atoms with van der Waals surface area (Å²) in [5.74, 6) is 0.408. The normalized spacial score (nSPS) is 12.2. The number of halogens is 2. The Morgan fingerprint density at radius 1 is 1.33 bits per heavy atom. The summed E-state index contributed by atoms with van der Waals surface area (Å²) in [4.78, 5) is 4.19. The average molecular weight is 309 g/mol. The molecule has 0 aliphatic heterocycles. The third kappa shape index (κ3) is 4.16. The molecule has 1 aromatic heterocycles. The quantitative estimate of drug-likeness (QED) is 0.882. The molecule has 0 aliphatic carbocycles. The zero-order chi connectivity index (χ0) is 15.2. The van der Waals surface area contributed by atoms with E-state index in [1.807, 2.05) is 20.0 Å². The van der Waals surface area contributed by atoms with Crippen LogP contribution in [0.1, 0.15) is 24.1 Å². The lowest BCUT2D eigenvalue weighted by atomic mass is 10.00. The minimum absolute atomic E-state index is 0.0286. The van der Waals surface area contributed by atoms with E-state index < -0.39 is 0 Å². The Balaban J connectivity index is 2.21. The number of ether oxygens (including phenoxy) is 1. The number of hydrogen-bond donors (Lipinski definition) is 1. The van der Waals surface area contributed by atoms with Gasteiger partial charge in [0.1, 0.15) is 11.6 Å². The van der Waals surface area contributed by atoms with Crippen molar-refractivity contribution >= 4 is 11.6 Å². The van der Waals surface area contributed by atoms with Gasteiger partial charge in [0.05, 0.1) is 12.8 Å². The molecular weight excluding hydrogens is 291 g/mol. The molecule has 1 heterocycles. The lowest BCUT2D eigenvalue weighted by molar-refractivity contribution is 0.338. The lowest BCUT2D eigenvalue weighted by Crippen LogP contribution is -2.19. The zero-order valence-electron chi connectivity index (χ0n) is 12.1. The predicted octanol–water partition coefficient (Wildman–Crippen LogP) is 3.78. The van der Waals surface area contributed by atoms with Crippen molar-refractivity contribution in [1.82, 2.24) is 10.3 Å². The van der Waals surface area contributed by atoms with E-state index in [1.54, 1.807) is 18.5 Å². The number of hydrogen-bond acceptors (Lipinski definition) is 3. The molecular formula is C16H18ClFN2O. The van der Waals surface area contributed by atoms with Crippen LogP contribution in [0.25, 0.3) is 0 Å². The van der Waals surface area contributed by atoms with Crippen molar-refractivity contribution in [1.29, 1.82) is 0 Å². The first-order valence-electron chi connectivity index (χ1n) is 6.83. The summed E-state index contributed by atoms with van der Waals surface area (Å²) in [6, 6.07) is 6.44. The van der Waals surface area contributed by atoms with Crippen molar-refractivity contribution in [3.63, 3.8) is 0 Å². The largest absolute Gasteiger partial charge is 0.492 e. The van der Waals surface area contributed by atoms with Gasteiger partial charge in [-0.3, -0.25) is 4.98 Å². The highest BCUT2D eigenvalue weighted by Crippen LogP contribution is 2.25. The Bertz CT molecular complexity index is 607. The molecule has 1 atom stereocenters. The van der Waals surface area contributed by atoms with Crippen molar-refractivity contribution in [2.45, 2.75) is 19.4 Å². The minimum Gasteiger partial charge on any atom is -0.492 e. The summed E-state index contributed by atoms with van der Waals surface area (Å²) in [5.41, 5.74) is 1.89. The maximum atomic E-state index is 13.1. The fourth-order valence-corrected chi connectivity index (χ4v) is 2.41. The lowest BCUT2D eigenvalue weighted by Gasteiger charge is -2.18. The van der Waals surface area contributed by atoms with Gasteiger partial charge in [-0.15, -0.1) is 0 Å². The Hall–Kier alpha value is -1.65. The van der Waals surface area contributed by atoms with Gasteiger partial charge in [0.2, 0.25) is 0 Å². The highest BCUT2D eigenvalue weighted by molar-refractivity contribution is 6.31. The van der Waals surface area contributed by atoms with Crippen LogP contribution in [0, 0.1) is 5.82 Å². The summed E-state index contributed by atoms with van der Waals surface area (Å²) in [7, 11) is 1.87. The van der Waals surface area contributed by atoms with Gasteiger partial charge in [-0.25, -0.2) is 4.39 Å². The van der Waals surface area contributed by atoms with Crippen LogP contribution < -0.4 is 10.1 Å². The van der Waals surface area contributed by atoms with E-state index >= 15 is 0 Å². The second-order valence-corrected chi connectivity index (χ2v) is 5.08. The van der Waals surface area contributed by atoms with Crippen molar-refractivity contribution < 1.29 is 9.13 Å². The molecule has 0 amide bonds. The molecule has 0 spiro atoms. The molecule has 112 valence electrons. The Morgan fingerprint density at radius 3 is 2.81 bits per heavy atom. The number of rotatable bonds is 6. The van der Waals surface area contributed by atoms with Crippen molar-refractivity contribution in [2.24, 2.45) is 0 Å². The van der Waals surface area contributed by atoms with E-state index in [4.69, 9.17) is 16.3 Å². The van der Waals surface area contributed by atoms with Crippen molar-refractivity contribution in [2.75, 3.05) is 13.7 Å². The average Bonchev–Trinajstić information content (AvgIpc) is 2.47. The summed E-state index contributed by atoms with van der Waals surface area (Å²) in [6.07, 6.45) is 4.12. The van der Waals surface area contributed by atoms with Crippen LogP contribution in [0.3, 0.4) is 0 Å². The standard InChI is InChI=1S/C16H18ClFN2O/c1-3-21-14-6-12(9-20-10-14)16(19-2)7-11-4-5-13(18)8-15(11)17/h4-6,8-10,16,19H,3,7H2,1-2H3. The van der Waals surface area contributed by atoms with Crippen molar-refractivity contribution in [3.8, 4) is 5.75 Å². The van der Waals surface area contributed by atoms with Crippen molar-refractivity contribution in [3.05, 3.63) is 58.6 Å². The number of benzene rings is 1. The first-order valence-corrected chi connectivity index (χ1v) is 7.20. The van der Waals surface area contributed by atoms with Crippen LogP contribution in [0.4, 0.5) is 4.39 Å². The second-order valence-electron chi connectivity index (χ2n) is 4.67. The molecule has 0 saturated carbocycles. The second kappa shape index (κ2) is 7.38. The third-order valence-electron chi connectivity index (χ3n) is 3.24. The van der Waals surface area contributed by atoms with Gasteiger partial charge in [-0.2, -0.15) is 0 Å². The molecule has 1 N–H and O–H groups in total. The third-order valence-corrected chi connectivity index (χ3v) is 3.59. The molecule has 0 aliphatic rings. The number of likely N-dealkylation sites (N-methyl/N-ethyl adjacent to an activating group) is 1. The minimum atomic E-state index is -0.329. The van der Waals surface area contributed by atoms with Crippen LogP contribution in [0.5, 0.6) is 5.75 Å². The van der Waals surface area contributed by atoms with Gasteiger partial charge in [-0.1, -0.05) is 17.7 Å². The zero-order valence-corrected chi connectivity index (χ0v) is 12.8. The Morgan fingerprint density at radius 2 is 2.14 bits per heavy atom. The van der Waals surface area contributed by atoms with E-state index in [0.29, 0.717) is 18.1 Å². The predicted molar refractivity (Wildman–Crippen MR) is 82.3 cm³/mol. The summed E-state index contributed by atoms with van der Waals surface area (Å²) in [6.45, 7) is 2.53. The highest BCUT2D eigenvalue weighted by Gasteiger charge is 2.14. The van der Waals surface area contributed by atoms with Crippen LogP contribution in [0.2, 0.25) is 5.02 Å². The highest BCUT2D eigenvalue weighted by atomic mass is 35.5. The fourth-order valence-electron chi connectivity index (χ4n) is 2.17. The fraction of sp³-hybridized carbons (Fsp3) is 0.312. The number of aromatic nitrogens is 1. The van der Waals surface area contributed by atoms with Gasteiger partial charge in [0.25, 0.3) is 0 Å². The van der Waals surface area contributed by atoms with E-state index in [2.05, 4.69) is 10.3 Å². The number of nitrogens with zero attached hydrogens (tertiary/aromatic N) is 1. The number of pyridine rings is 1. The molecule has 1 aromatic carbocycles. The SMILES string of the molecule is CCOc1cncc(C(Cc2ccc(F)cc2Cl)NC)c1. The molecule has 0 radical (unpaired) electrons. The van der Waals surface area contributed by atoms with Gasteiger partial charge < -0.3 is 10.1 Å². The maximum absolute atomic E-state index is 13.1. The van der Waals surface area contributed by atoms with Gasteiger partial charge >= 0.3 is 0 Å². The Kier molecular flexibility index (Phi) is 5.53. The molecule has 3 nitrogen and oxygen atoms in total. The molecule has 5 heteroatoms. The van der Waals surface area contributed by atoms with Gasteiger partial charge in [0.15, 0.2) is 0 Å². The maximum Gasteiger partial charge on any atom is 0.137 e. The van der Waals surface area contributed by atoms with Crippen LogP contribution in [-0.2, 0) is 6.42 Å². The number of nitrogens with one attached hydrogen (secondary N) is 1. The molecule has 1 unspecified atom stereocenters. The smallest absolute Gasteiger partial charge is 0.137 e. The first-order chi connectivity index (χ1) is 10.1. The molecule has 0 bridgehead atoms. The molecule has 2 aromatic rings. The van der Waals surface area contributed by atoms with E-state index in [1.165, 1.54) is 12.1 Å². The first kappa shape index (κ1) is 15.7. The topological polar surface area (TPSA) is 34.1 Å². The molecule has 2 rings (SSSR count). The monoisotopic (exact) mass is 308 g/mol. The van der Waals surface area contributed by atoms with Crippen LogP contribution in [0.15, 0.2) is 36.7 Å². The van der Waals surface area contributed by atoms with Gasteiger partial charge in [0, 0.05) is 17.3 Å². The van der Waals surface area contributed by atoms with Crippen LogP contribution >= 0.6 is 11.6 Å². The van der Waals surface area contributed by atoms with E-state index in [0.717, 1.165) is 16.9 Å². The van der Waals surface area contributed by atoms with Gasteiger partial charge in [-0.05, 0) is 49.7 Å². The van der Waals surface area contributed by atoms with E-state index in [-0.39, 0.29) is 11.9 Å². The summed E-state index contributed by atoms with van der Waals surface area (Å²) >= 11 is 6.09. The molecule has 21 heavy (non-hydrogen) atoms. The van der Waals surface area contributed by atoms with E-state index in [9.17, 15) is 4.39 Å². The molecule has 0 saturated heterocycles. The van der Waals surface area contributed by atoms with Crippen LogP contribution in [-0.4, -0.2) is 18.6 Å². The summed E-state index contributed by atoms with van der Waals surface area (Å²) < 4.78 is 18.6. The molecule has 0 fully saturated rings.